The molecule has 0 fully saturated rings. The zero-order valence-corrected chi connectivity index (χ0v) is 7.11. The average molecular weight is 173 g/mol. The normalized spacial score (nSPS) is 9.08. The second-order valence-corrected chi connectivity index (χ2v) is 2.04. The Labute approximate surface area is 71.5 Å². The first-order valence-corrected chi connectivity index (χ1v) is 3.68. The maximum Gasteiger partial charge on any atom is 0.195 e. The lowest BCUT2D eigenvalue weighted by atomic mass is 10.6. The van der Waals surface area contributed by atoms with Crippen LogP contribution in [0.5, 0.6) is 0 Å². The summed E-state index contributed by atoms with van der Waals surface area (Å²) < 4.78 is 5.02. The molecular weight excluding hydrogens is 158 g/mol. The molecule has 0 aromatic rings. The van der Waals surface area contributed by atoms with Gasteiger partial charge in [-0.05, 0) is 6.92 Å². The Morgan fingerprint density at radius 3 is 2.67 bits per heavy atom. The molecule has 6 heteroatoms. The van der Waals surface area contributed by atoms with Crippen molar-refractivity contribution in [2.24, 2.45) is 5.73 Å². The highest BCUT2D eigenvalue weighted by molar-refractivity contribution is 5.94. The Morgan fingerprint density at radius 2 is 2.17 bits per heavy atom. The van der Waals surface area contributed by atoms with Crippen molar-refractivity contribution in [1.29, 1.82) is 10.8 Å². The summed E-state index contributed by atoms with van der Waals surface area (Å²) in [5, 5.41) is 18.9. The van der Waals surface area contributed by atoms with E-state index in [9.17, 15) is 0 Å². The Morgan fingerprint density at radius 1 is 1.50 bits per heavy atom. The Hall–Kier alpha value is -1.30. The number of hydrogen-bond acceptors (Lipinski definition) is 3. The smallest absolute Gasteiger partial charge is 0.195 e. The first kappa shape index (κ1) is 10.7. The molecule has 6 N–H and O–H groups in total. The van der Waals surface area contributed by atoms with Crippen LogP contribution >= 0.6 is 0 Å². The molecule has 0 aliphatic heterocycles. The van der Waals surface area contributed by atoms with Crippen molar-refractivity contribution in [3.8, 4) is 0 Å². The van der Waals surface area contributed by atoms with Crippen LogP contribution in [0.1, 0.15) is 6.92 Å². The molecule has 0 atom stereocenters. The zero-order valence-electron chi connectivity index (χ0n) is 7.11. The van der Waals surface area contributed by atoms with E-state index in [0.29, 0.717) is 19.8 Å². The lowest BCUT2D eigenvalue weighted by Gasteiger charge is -2.07. The highest BCUT2D eigenvalue weighted by Crippen LogP contribution is 1.69. The van der Waals surface area contributed by atoms with Gasteiger partial charge in [-0.15, -0.1) is 0 Å². The first-order valence-electron chi connectivity index (χ1n) is 3.68. The number of ether oxygens (including phenoxy) is 1. The van der Waals surface area contributed by atoms with Crippen LogP contribution in [0.3, 0.4) is 0 Å². The summed E-state index contributed by atoms with van der Waals surface area (Å²) in [6.07, 6.45) is 0. The second-order valence-electron chi connectivity index (χ2n) is 2.04. The molecule has 0 spiro atoms. The molecule has 0 aliphatic rings. The van der Waals surface area contributed by atoms with Crippen LogP contribution in [0.15, 0.2) is 0 Å². The van der Waals surface area contributed by atoms with Crippen molar-refractivity contribution < 1.29 is 4.74 Å². The van der Waals surface area contributed by atoms with Crippen LogP contribution in [-0.4, -0.2) is 31.7 Å². The van der Waals surface area contributed by atoms with Gasteiger partial charge in [0.15, 0.2) is 11.9 Å². The number of hydrogen-bond donors (Lipinski definition) is 5. The van der Waals surface area contributed by atoms with Gasteiger partial charge in [0.05, 0.1) is 6.61 Å². The molecule has 6 nitrogen and oxygen atoms in total. The van der Waals surface area contributed by atoms with Crippen molar-refractivity contribution in [3.63, 3.8) is 0 Å². The van der Waals surface area contributed by atoms with E-state index < -0.39 is 0 Å². The molecule has 0 radical (unpaired) electrons. The minimum Gasteiger partial charge on any atom is -0.380 e. The molecule has 0 heterocycles. The van der Waals surface area contributed by atoms with E-state index in [1.165, 1.54) is 0 Å². The van der Waals surface area contributed by atoms with Gasteiger partial charge in [0, 0.05) is 13.2 Å². The lowest BCUT2D eigenvalue weighted by molar-refractivity contribution is 0.152. The number of nitrogens with two attached hydrogens (primary N) is 1. The third kappa shape index (κ3) is 6.81. The van der Waals surface area contributed by atoms with Crippen LogP contribution in [0, 0.1) is 10.8 Å². The third-order valence-corrected chi connectivity index (χ3v) is 1.01. The van der Waals surface area contributed by atoms with E-state index >= 15 is 0 Å². The molecule has 0 saturated heterocycles. The summed E-state index contributed by atoms with van der Waals surface area (Å²) in [7, 11) is 0. The summed E-state index contributed by atoms with van der Waals surface area (Å²) >= 11 is 0. The molecule has 0 aromatic carbocycles. The van der Waals surface area contributed by atoms with Crippen molar-refractivity contribution in [3.05, 3.63) is 0 Å². The van der Waals surface area contributed by atoms with Gasteiger partial charge in [-0.1, -0.05) is 0 Å². The second kappa shape index (κ2) is 6.41. The summed E-state index contributed by atoms with van der Waals surface area (Å²) in [6, 6.07) is 0. The summed E-state index contributed by atoms with van der Waals surface area (Å²) in [6.45, 7) is 3.64. The van der Waals surface area contributed by atoms with Crippen molar-refractivity contribution >= 4 is 11.9 Å². The van der Waals surface area contributed by atoms with E-state index in [0.717, 1.165) is 0 Å². The minimum absolute atomic E-state index is 0.0159. The van der Waals surface area contributed by atoms with E-state index in [1.54, 1.807) is 0 Å². The highest BCUT2D eigenvalue weighted by atomic mass is 16.5. The minimum atomic E-state index is -0.246. The third-order valence-electron chi connectivity index (χ3n) is 1.01. The first-order chi connectivity index (χ1) is 5.66. The van der Waals surface area contributed by atoms with Gasteiger partial charge >= 0.3 is 0 Å². The van der Waals surface area contributed by atoms with Crippen LogP contribution < -0.4 is 16.4 Å². The molecule has 12 heavy (non-hydrogen) atoms. The van der Waals surface area contributed by atoms with Crippen LogP contribution in [0.2, 0.25) is 0 Å². The van der Waals surface area contributed by atoms with Crippen molar-refractivity contribution in [2.45, 2.75) is 6.92 Å². The maximum absolute atomic E-state index is 7.16. The summed E-state index contributed by atoms with van der Waals surface area (Å²) in [4.78, 5) is 0. The van der Waals surface area contributed by atoms with Crippen LogP contribution in [0.25, 0.3) is 0 Å². The van der Waals surface area contributed by atoms with E-state index in [-0.39, 0.29) is 11.9 Å². The fraction of sp³-hybridized carbons (Fsp3) is 0.667. The monoisotopic (exact) mass is 173 g/mol. The topological polar surface area (TPSA) is 107 Å². The van der Waals surface area contributed by atoms with Gasteiger partial charge in [-0.3, -0.25) is 16.1 Å². The molecule has 0 aliphatic carbocycles. The number of nitrogens with one attached hydrogen (secondary N) is 4. The summed E-state index contributed by atoms with van der Waals surface area (Å²) in [5.74, 6) is -0.230. The fourth-order valence-corrected chi connectivity index (χ4v) is 0.571. The van der Waals surface area contributed by atoms with Gasteiger partial charge in [-0.2, -0.15) is 0 Å². The van der Waals surface area contributed by atoms with Crippen molar-refractivity contribution in [1.82, 2.24) is 10.6 Å². The van der Waals surface area contributed by atoms with Crippen LogP contribution in [0.4, 0.5) is 0 Å². The molecule has 0 bridgehead atoms. The number of rotatable bonds is 4. The largest absolute Gasteiger partial charge is 0.380 e. The van der Waals surface area contributed by atoms with E-state index in [2.05, 4.69) is 10.6 Å². The van der Waals surface area contributed by atoms with Gasteiger partial charge in [0.2, 0.25) is 0 Å². The quantitative estimate of drug-likeness (QED) is 0.214. The molecule has 0 aromatic heterocycles. The predicted molar refractivity (Wildman–Crippen MR) is 47.3 cm³/mol. The molecule has 70 valence electrons. The van der Waals surface area contributed by atoms with Gasteiger partial charge in [0.25, 0.3) is 0 Å². The van der Waals surface area contributed by atoms with E-state index in [4.69, 9.17) is 21.3 Å². The summed E-state index contributed by atoms with van der Waals surface area (Å²) in [5.41, 5.74) is 4.98. The number of guanidine groups is 2. The predicted octanol–water partition coefficient (Wildman–Crippen LogP) is -0.970. The lowest BCUT2D eigenvalue weighted by Crippen LogP contribution is -2.44. The van der Waals surface area contributed by atoms with Gasteiger partial charge < -0.3 is 15.8 Å². The van der Waals surface area contributed by atoms with Crippen LogP contribution in [-0.2, 0) is 4.74 Å². The highest BCUT2D eigenvalue weighted by Gasteiger charge is 1.94. The van der Waals surface area contributed by atoms with E-state index in [1.807, 2.05) is 6.92 Å². The van der Waals surface area contributed by atoms with Crippen molar-refractivity contribution in [2.75, 3.05) is 19.8 Å². The average Bonchev–Trinajstić information content (AvgIpc) is 1.97. The molecule has 0 saturated carbocycles. The molecule has 0 amide bonds. The SMILES string of the molecule is CCOCCNC(=N)NC(=N)N. The zero-order chi connectivity index (χ0) is 9.40. The van der Waals surface area contributed by atoms with Gasteiger partial charge in [0.1, 0.15) is 0 Å². The Balaban J connectivity index is 3.26. The Bertz CT molecular complexity index is 158. The molecule has 0 unspecified atom stereocenters. The van der Waals surface area contributed by atoms with Gasteiger partial charge in [-0.25, -0.2) is 0 Å². The fourth-order valence-electron chi connectivity index (χ4n) is 0.571. The maximum atomic E-state index is 7.16. The molecule has 0 rings (SSSR count). The standard InChI is InChI=1S/C6H15N5O/c1-2-12-4-3-10-6(9)11-5(7)8/h2-4H2,1H3,(H6,7,8,9,10,11). The Kier molecular flexibility index (Phi) is 5.72. The molecular formula is C6H15N5O.